The summed E-state index contributed by atoms with van der Waals surface area (Å²) in [7, 11) is 0. The SMILES string of the molecule is [2H]Oc1c(C(=O)N([2H])C([2H])CC([2H])N2CCC([2H])([2H])CC2)c(=O)n(C([2H])(C)C)c2sc([2H])c([2H])c12. The van der Waals surface area contributed by atoms with Gasteiger partial charge in [0.05, 0.1) is 9.50 Å². The van der Waals surface area contributed by atoms with E-state index in [0.717, 1.165) is 15.9 Å². The first-order chi connectivity index (χ1) is 16.1. The second-order valence-electron chi connectivity index (χ2n) is 6.12. The summed E-state index contributed by atoms with van der Waals surface area (Å²) in [6.07, 6.45) is -1.12. The zero-order valence-electron chi connectivity index (χ0n) is 23.7. The quantitative estimate of drug-likeness (QED) is 0.767. The van der Waals surface area contributed by atoms with Crippen LogP contribution in [-0.4, -0.2) is 48.0 Å². The van der Waals surface area contributed by atoms with Crippen molar-refractivity contribution >= 4 is 27.5 Å². The van der Waals surface area contributed by atoms with Gasteiger partial charge in [0.2, 0.25) is 0 Å². The van der Waals surface area contributed by atoms with Crippen LogP contribution >= 0.6 is 11.3 Å². The highest BCUT2D eigenvalue weighted by molar-refractivity contribution is 7.16. The number of aromatic nitrogens is 1. The van der Waals surface area contributed by atoms with Crippen molar-refractivity contribution in [2.45, 2.75) is 45.5 Å². The summed E-state index contributed by atoms with van der Waals surface area (Å²) in [5.41, 5.74) is -1.84. The Morgan fingerprint density at radius 1 is 1.62 bits per heavy atom. The van der Waals surface area contributed by atoms with Gasteiger partial charge >= 0.3 is 0 Å². The van der Waals surface area contributed by atoms with E-state index in [-0.39, 0.29) is 40.1 Å². The van der Waals surface area contributed by atoms with Crippen LogP contribution in [0.5, 0.6) is 5.75 Å². The fourth-order valence-corrected chi connectivity index (χ4v) is 3.68. The molecule has 0 radical (unpaired) electrons. The molecule has 3 heterocycles. The number of amides is 1. The monoisotopic (exact) mass is 386 g/mol. The van der Waals surface area contributed by atoms with Gasteiger partial charge in [0, 0.05) is 18.0 Å². The van der Waals surface area contributed by atoms with Gasteiger partial charge in [-0.25, -0.2) is 0 Å². The molecule has 3 rings (SSSR count). The molecule has 0 saturated carbocycles. The molecule has 0 bridgehead atoms. The molecule has 2 unspecified atom stereocenters. The first kappa shape index (κ1) is 10.5. The Hall–Kier alpha value is -1.86. The molecule has 0 spiro atoms. The van der Waals surface area contributed by atoms with Gasteiger partial charge in [-0.3, -0.25) is 14.2 Å². The lowest BCUT2D eigenvalue weighted by Crippen LogP contribution is -2.36. The van der Waals surface area contributed by atoms with Crippen LogP contribution in [0.2, 0.25) is 1.41 Å². The van der Waals surface area contributed by atoms with Gasteiger partial charge in [-0.15, -0.1) is 11.3 Å². The van der Waals surface area contributed by atoms with E-state index >= 15 is 0 Å². The van der Waals surface area contributed by atoms with Gasteiger partial charge < -0.3 is 15.3 Å². The minimum atomic E-state index is -1.62. The number of carbonyl (C=O) groups is 1. The van der Waals surface area contributed by atoms with Crippen molar-refractivity contribution in [3.63, 3.8) is 0 Å². The summed E-state index contributed by atoms with van der Waals surface area (Å²) in [5, 5.41) is 4.33. The lowest BCUT2D eigenvalue weighted by atomic mass is 10.1. The Morgan fingerprint density at radius 3 is 3.08 bits per heavy atom. The van der Waals surface area contributed by atoms with Gasteiger partial charge in [-0.2, -0.15) is 0 Å². The third-order valence-electron chi connectivity index (χ3n) is 4.10. The van der Waals surface area contributed by atoms with Crippen molar-refractivity contribution in [1.82, 2.24) is 14.8 Å². The molecule has 2 atom stereocenters. The number of carbonyl (C=O) groups excluding carboxylic acids is 1. The third kappa shape index (κ3) is 3.78. The topological polar surface area (TPSA) is 74.6 Å². The van der Waals surface area contributed by atoms with Crippen molar-refractivity contribution in [3.05, 3.63) is 27.3 Å². The van der Waals surface area contributed by atoms with Crippen LogP contribution < -0.4 is 10.9 Å². The minimum Gasteiger partial charge on any atom is -0.506 e. The highest BCUT2D eigenvalue weighted by Gasteiger charge is 2.23. The number of piperidine rings is 1. The van der Waals surface area contributed by atoms with Gasteiger partial charge in [-0.05, 0) is 64.1 Å². The average Bonchev–Trinajstić information content (AvgIpc) is 3.04. The van der Waals surface area contributed by atoms with Crippen LogP contribution in [0.3, 0.4) is 0 Å². The average molecular weight is 387 g/mol. The van der Waals surface area contributed by atoms with Crippen molar-refractivity contribution in [2.24, 2.45) is 0 Å². The number of aromatic hydroxyl groups is 1. The number of nitrogens with zero attached hydrogens (tertiary/aromatic N) is 2. The highest BCUT2D eigenvalue weighted by Crippen LogP contribution is 2.31. The second-order valence-corrected chi connectivity index (χ2v) is 6.92. The molecular weight excluding hydrogens is 350 g/mol. The first-order valence-electron chi connectivity index (χ1n) is 12.8. The molecule has 142 valence electrons. The smallest absolute Gasteiger partial charge is 0.293 e. The summed E-state index contributed by atoms with van der Waals surface area (Å²) >= 11 is 0.728. The van der Waals surface area contributed by atoms with Crippen LogP contribution in [0.1, 0.15) is 65.5 Å². The molecule has 2 N–H and O–H groups in total. The summed E-state index contributed by atoms with van der Waals surface area (Å²) in [5.74, 6) is -1.89. The fourth-order valence-electron chi connectivity index (χ4n) is 2.82. The van der Waals surface area contributed by atoms with E-state index in [9.17, 15) is 9.59 Å². The Kier molecular flexibility index (Phi) is 3.31. The molecule has 7 heteroatoms. The predicted molar refractivity (Wildman–Crippen MR) is 105 cm³/mol. The molecule has 0 aliphatic carbocycles. The second kappa shape index (κ2) is 8.22. The van der Waals surface area contributed by atoms with E-state index in [1.807, 2.05) is 0 Å². The number of pyridine rings is 1. The number of hydrogen-bond acceptors (Lipinski definition) is 5. The van der Waals surface area contributed by atoms with Gasteiger partial charge in [0.15, 0.2) is 1.41 Å². The molecule has 0 aromatic carbocycles. The maximum absolute atomic E-state index is 13.3. The zero-order valence-corrected chi connectivity index (χ0v) is 15.5. The Morgan fingerprint density at radius 2 is 2.38 bits per heavy atom. The number of rotatable bonds is 7. The van der Waals surface area contributed by atoms with E-state index in [1.54, 1.807) is 4.90 Å². The first-order valence-corrected chi connectivity index (χ1v) is 9.15. The zero-order chi connectivity index (χ0) is 26.5. The van der Waals surface area contributed by atoms with Crippen LogP contribution in [0, 0.1) is 0 Å². The lowest BCUT2D eigenvalue weighted by Gasteiger charge is -2.26. The summed E-state index contributed by atoms with van der Waals surface area (Å²) in [4.78, 5) is 28.2. The van der Waals surface area contributed by atoms with E-state index in [1.165, 1.54) is 13.8 Å². The van der Waals surface area contributed by atoms with E-state index in [2.05, 4.69) is 5.11 Å². The summed E-state index contributed by atoms with van der Waals surface area (Å²) < 4.78 is 73.1. The molecule has 2 aromatic heterocycles. The minimum absolute atomic E-state index is 0.0129. The molecule has 6 nitrogen and oxygen atoms in total. The maximum atomic E-state index is 13.3. The molecular formula is C19H27N3O3S. The Balaban J connectivity index is 1.97. The normalized spacial score (nSPS) is 25.2. The lowest BCUT2D eigenvalue weighted by molar-refractivity contribution is 0.0946. The summed E-state index contributed by atoms with van der Waals surface area (Å²) in [6, 6.07) is -2.01. The van der Waals surface area contributed by atoms with E-state index in [4.69, 9.17) is 12.4 Å². The molecule has 2 aromatic rings. The van der Waals surface area contributed by atoms with Crippen molar-refractivity contribution < 1.29 is 20.9 Å². The largest absolute Gasteiger partial charge is 0.506 e. The third-order valence-corrected chi connectivity index (χ3v) is 4.89. The van der Waals surface area contributed by atoms with Gasteiger partial charge in [0.25, 0.3) is 12.9 Å². The number of hydrogen-bond donors (Lipinski definition) is 2. The number of nitrogens with one attached hydrogen (secondary N) is 1. The Labute approximate surface area is 170 Å². The molecule has 1 aliphatic rings. The van der Waals surface area contributed by atoms with Crippen LogP contribution in [-0.2, 0) is 0 Å². The Bertz CT molecular complexity index is 1170. The number of thiophene rings is 1. The number of likely N-dealkylation sites (tertiary alicyclic amines) is 1. The van der Waals surface area contributed by atoms with Crippen LogP contribution in [0.15, 0.2) is 16.2 Å². The molecule has 1 amide bonds. The molecule has 1 aliphatic heterocycles. The molecule has 1 fully saturated rings. The maximum Gasteiger partial charge on any atom is 0.293 e. The van der Waals surface area contributed by atoms with Gasteiger partial charge in [0.1, 0.15) is 16.1 Å². The highest BCUT2D eigenvalue weighted by atomic mass is 32.1. The predicted octanol–water partition coefficient (Wildman–Crippen LogP) is 2.96. The van der Waals surface area contributed by atoms with E-state index < -0.39 is 54.3 Å². The van der Waals surface area contributed by atoms with E-state index in [0.29, 0.717) is 13.1 Å². The van der Waals surface area contributed by atoms with Crippen molar-refractivity contribution in [2.75, 3.05) is 26.1 Å². The van der Waals surface area contributed by atoms with Crippen LogP contribution in [0.25, 0.3) is 10.2 Å². The molecule has 1 saturated heterocycles. The molecule has 26 heavy (non-hydrogen) atoms. The van der Waals surface area contributed by atoms with Gasteiger partial charge in [-0.1, -0.05) is 6.37 Å². The van der Waals surface area contributed by atoms with Crippen LogP contribution in [0.4, 0.5) is 0 Å². The van der Waals surface area contributed by atoms with Crippen molar-refractivity contribution in [3.8, 4) is 5.75 Å². The number of fused-ring (bicyclic) bond motifs is 1. The standard InChI is InChI=1S/C19H27N3O3S/c1-13(2)22-18(25)15(16(23)14-7-12-26-19(14)22)17(24)20-8-6-11-21-9-4-3-5-10-21/h7,12-13,23H,3-6,8-11H2,1-2H3,(H,20,24)/i3D2,7D,8D,11D,12D,13D/hD2. The fraction of sp³-hybridized carbons (Fsp3) is 0.579. The van der Waals surface area contributed by atoms with Crippen molar-refractivity contribution in [1.29, 1.82) is 1.43 Å². The summed E-state index contributed by atoms with van der Waals surface area (Å²) in [6.45, 7) is 0.795.